The number of Topliss-reactive ketones (excluding diaryl/α,β-unsaturated/α-hetero) is 1. The third-order valence-corrected chi connectivity index (χ3v) is 7.13. The SMILES string of the molecule is CCCC1=NN(c2ccccc2)C(=O)/C1=C1\C(=O)C(/C=C2\N(C)c3ccc(Cl)cc3C2(C)C)=C1O. The first-order valence-corrected chi connectivity index (χ1v) is 12.0. The van der Waals surface area contributed by atoms with Crippen molar-refractivity contribution < 1.29 is 14.7 Å². The van der Waals surface area contributed by atoms with Crippen LogP contribution in [-0.4, -0.2) is 29.6 Å². The van der Waals surface area contributed by atoms with Crippen LogP contribution in [0, 0.1) is 0 Å². The van der Waals surface area contributed by atoms with Crippen molar-refractivity contribution >= 4 is 40.4 Å². The summed E-state index contributed by atoms with van der Waals surface area (Å²) in [6.07, 6.45) is 3.00. The minimum Gasteiger partial charge on any atom is -0.506 e. The fourth-order valence-electron chi connectivity index (χ4n) is 5.04. The summed E-state index contributed by atoms with van der Waals surface area (Å²) in [5, 5.41) is 17.5. The van der Waals surface area contributed by atoms with Gasteiger partial charge in [-0.3, -0.25) is 9.59 Å². The Bertz CT molecular complexity index is 1400. The molecule has 3 aliphatic rings. The van der Waals surface area contributed by atoms with E-state index in [4.69, 9.17) is 11.6 Å². The van der Waals surface area contributed by atoms with Gasteiger partial charge in [0.1, 0.15) is 5.76 Å². The molecule has 2 heterocycles. The molecule has 2 aromatic rings. The van der Waals surface area contributed by atoms with Crippen LogP contribution in [0.15, 0.2) is 87.9 Å². The monoisotopic (exact) mass is 487 g/mol. The van der Waals surface area contributed by atoms with Gasteiger partial charge >= 0.3 is 0 Å². The zero-order valence-electron chi connectivity index (χ0n) is 20.1. The van der Waals surface area contributed by atoms with Crippen molar-refractivity contribution in [2.75, 3.05) is 17.0 Å². The molecule has 0 aromatic heterocycles. The van der Waals surface area contributed by atoms with Crippen molar-refractivity contribution in [2.24, 2.45) is 5.10 Å². The number of carbonyl (C=O) groups is 2. The second-order valence-corrected chi connectivity index (χ2v) is 9.90. The minimum absolute atomic E-state index is 0.0477. The first kappa shape index (κ1) is 23.1. The molecular formula is C28H26ClN3O3. The molecule has 0 spiro atoms. The smallest absolute Gasteiger partial charge is 0.281 e. The lowest BCUT2D eigenvalue weighted by molar-refractivity contribution is -0.116. The Hall–Kier alpha value is -3.64. The van der Waals surface area contributed by atoms with Gasteiger partial charge in [0.05, 0.1) is 28.1 Å². The van der Waals surface area contributed by atoms with Gasteiger partial charge in [0.15, 0.2) is 0 Å². The molecular weight excluding hydrogens is 462 g/mol. The quantitative estimate of drug-likeness (QED) is 0.549. The van der Waals surface area contributed by atoms with E-state index >= 15 is 0 Å². The highest BCUT2D eigenvalue weighted by atomic mass is 35.5. The van der Waals surface area contributed by atoms with Gasteiger partial charge in [0, 0.05) is 28.9 Å². The van der Waals surface area contributed by atoms with E-state index in [2.05, 4.69) is 18.9 Å². The zero-order chi connectivity index (χ0) is 25.1. The van der Waals surface area contributed by atoms with Crippen molar-refractivity contribution in [2.45, 2.75) is 39.0 Å². The van der Waals surface area contributed by atoms with Gasteiger partial charge in [-0.25, -0.2) is 0 Å². The first-order valence-electron chi connectivity index (χ1n) is 11.6. The van der Waals surface area contributed by atoms with Crippen LogP contribution in [0.2, 0.25) is 5.02 Å². The molecule has 1 aliphatic carbocycles. The minimum atomic E-state index is -0.423. The lowest BCUT2D eigenvalue weighted by atomic mass is 9.78. The van der Waals surface area contributed by atoms with E-state index in [0.29, 0.717) is 22.8 Å². The number of aliphatic hydroxyl groups excluding tert-OH is 1. The molecule has 0 bridgehead atoms. The molecule has 0 saturated carbocycles. The van der Waals surface area contributed by atoms with Gasteiger partial charge < -0.3 is 10.0 Å². The molecule has 0 radical (unpaired) electrons. The molecule has 0 atom stereocenters. The number of hydrazone groups is 1. The highest BCUT2D eigenvalue weighted by Gasteiger charge is 2.45. The molecule has 1 N–H and O–H groups in total. The predicted octanol–water partition coefficient (Wildman–Crippen LogP) is 5.85. The van der Waals surface area contributed by atoms with Crippen LogP contribution >= 0.6 is 11.6 Å². The largest absolute Gasteiger partial charge is 0.506 e. The number of allylic oxidation sites excluding steroid dienone is 4. The van der Waals surface area contributed by atoms with Crippen molar-refractivity contribution in [1.82, 2.24) is 0 Å². The van der Waals surface area contributed by atoms with E-state index in [1.165, 1.54) is 5.01 Å². The molecule has 0 unspecified atom stereocenters. The number of rotatable bonds is 4. The predicted molar refractivity (Wildman–Crippen MR) is 139 cm³/mol. The van der Waals surface area contributed by atoms with Gasteiger partial charge in [0.25, 0.3) is 5.91 Å². The fourth-order valence-corrected chi connectivity index (χ4v) is 5.21. The van der Waals surface area contributed by atoms with Crippen LogP contribution in [-0.2, 0) is 15.0 Å². The van der Waals surface area contributed by atoms with Crippen LogP contribution in [0.4, 0.5) is 11.4 Å². The molecule has 2 aliphatic heterocycles. The summed E-state index contributed by atoms with van der Waals surface area (Å²) in [5.74, 6) is -0.917. The lowest BCUT2D eigenvalue weighted by Gasteiger charge is -2.27. The highest BCUT2D eigenvalue weighted by Crippen LogP contribution is 2.49. The van der Waals surface area contributed by atoms with Crippen molar-refractivity contribution in [3.63, 3.8) is 0 Å². The summed E-state index contributed by atoms with van der Waals surface area (Å²) >= 11 is 6.24. The molecule has 35 heavy (non-hydrogen) atoms. The van der Waals surface area contributed by atoms with E-state index < -0.39 is 11.3 Å². The number of benzene rings is 2. The molecule has 0 saturated heterocycles. The van der Waals surface area contributed by atoms with E-state index in [0.717, 1.165) is 23.4 Å². The second-order valence-electron chi connectivity index (χ2n) is 9.47. The summed E-state index contributed by atoms with van der Waals surface area (Å²) in [5.41, 5.74) is 4.05. The van der Waals surface area contributed by atoms with Crippen molar-refractivity contribution in [3.8, 4) is 0 Å². The number of anilines is 2. The van der Waals surface area contributed by atoms with Gasteiger partial charge in [-0.15, -0.1) is 0 Å². The van der Waals surface area contributed by atoms with Crippen molar-refractivity contribution in [3.05, 3.63) is 93.4 Å². The van der Waals surface area contributed by atoms with Crippen LogP contribution in [0.1, 0.15) is 39.2 Å². The Morgan fingerprint density at radius 3 is 2.46 bits per heavy atom. The molecule has 6 nitrogen and oxygen atoms in total. The maximum absolute atomic E-state index is 13.3. The molecule has 1 amide bonds. The number of para-hydroxylation sites is 1. The number of hydrogen-bond acceptors (Lipinski definition) is 5. The van der Waals surface area contributed by atoms with Crippen LogP contribution in [0.5, 0.6) is 0 Å². The Labute approximate surface area is 209 Å². The Kier molecular flexibility index (Phi) is 5.44. The number of halogens is 1. The third-order valence-electron chi connectivity index (χ3n) is 6.89. The number of likely N-dealkylation sites (N-methyl/N-ethyl adjacent to an activating group) is 1. The Balaban J connectivity index is 1.57. The van der Waals surface area contributed by atoms with Crippen LogP contribution < -0.4 is 9.91 Å². The number of nitrogens with zero attached hydrogens (tertiary/aromatic N) is 3. The van der Waals surface area contributed by atoms with Gasteiger partial charge in [-0.1, -0.05) is 57.0 Å². The normalized spacial score (nSPS) is 22.2. The van der Waals surface area contributed by atoms with Crippen LogP contribution in [0.3, 0.4) is 0 Å². The molecule has 7 heteroatoms. The van der Waals surface area contributed by atoms with Gasteiger partial charge in [-0.05, 0) is 48.4 Å². The zero-order valence-corrected chi connectivity index (χ0v) is 20.8. The molecule has 2 aromatic carbocycles. The number of hydrogen-bond donors (Lipinski definition) is 1. The summed E-state index contributed by atoms with van der Waals surface area (Å²) in [7, 11) is 1.93. The Morgan fingerprint density at radius 1 is 1.09 bits per heavy atom. The van der Waals surface area contributed by atoms with E-state index in [1.807, 2.05) is 55.3 Å². The fraction of sp³-hybridized carbons (Fsp3) is 0.250. The van der Waals surface area contributed by atoms with E-state index in [-0.39, 0.29) is 28.3 Å². The number of fused-ring (bicyclic) bond motifs is 1. The number of ketones is 1. The summed E-state index contributed by atoms with van der Waals surface area (Å²) in [4.78, 5) is 28.7. The summed E-state index contributed by atoms with van der Waals surface area (Å²) in [6, 6.07) is 14.8. The van der Waals surface area contributed by atoms with E-state index in [9.17, 15) is 14.7 Å². The lowest BCUT2D eigenvalue weighted by Crippen LogP contribution is -2.31. The molecule has 178 valence electrons. The maximum Gasteiger partial charge on any atom is 0.281 e. The topological polar surface area (TPSA) is 73.2 Å². The number of amides is 1. The standard InChI is InChI=1S/C28H26ClN3O3/c1-5-9-20-23(27(35)32(30-20)17-10-7-6-8-11-17)24-25(33)18(26(24)34)15-22-28(2,3)19-14-16(29)12-13-21(19)31(22)4/h6-8,10-15,33H,5,9H2,1-4H3/b22-15-,24-23-. The molecule has 0 fully saturated rings. The van der Waals surface area contributed by atoms with Gasteiger partial charge in [-0.2, -0.15) is 10.1 Å². The van der Waals surface area contributed by atoms with Crippen LogP contribution in [0.25, 0.3) is 0 Å². The first-order chi connectivity index (χ1) is 16.7. The number of aliphatic hydroxyl groups is 1. The molecule has 5 rings (SSSR count). The second kappa shape index (κ2) is 8.24. The maximum atomic E-state index is 13.3. The van der Waals surface area contributed by atoms with E-state index in [1.54, 1.807) is 18.2 Å². The summed E-state index contributed by atoms with van der Waals surface area (Å²) in [6.45, 7) is 6.10. The van der Waals surface area contributed by atoms with Gasteiger partial charge in [0.2, 0.25) is 5.78 Å². The number of carbonyl (C=O) groups excluding carboxylic acids is 2. The third kappa shape index (κ3) is 3.43. The summed E-state index contributed by atoms with van der Waals surface area (Å²) < 4.78 is 0. The highest BCUT2D eigenvalue weighted by molar-refractivity contribution is 6.37. The Morgan fingerprint density at radius 2 is 1.80 bits per heavy atom. The average Bonchev–Trinajstić information content (AvgIpc) is 3.24. The van der Waals surface area contributed by atoms with Crippen molar-refractivity contribution in [1.29, 1.82) is 0 Å². The average molecular weight is 488 g/mol.